The minimum atomic E-state index is 0.573. The van der Waals surface area contributed by atoms with Gasteiger partial charge in [0.15, 0.2) is 0 Å². The van der Waals surface area contributed by atoms with E-state index in [1.807, 2.05) is 36.7 Å². The van der Waals surface area contributed by atoms with Crippen LogP contribution >= 0.6 is 39.1 Å². The first-order valence-electron chi connectivity index (χ1n) is 6.81. The van der Waals surface area contributed by atoms with Gasteiger partial charge in [-0.05, 0) is 29.3 Å². The number of hydrogen-bond acceptors (Lipinski definition) is 1. The molecule has 5 heteroatoms. The summed E-state index contributed by atoms with van der Waals surface area (Å²) < 4.78 is 3.20. The fourth-order valence-corrected chi connectivity index (χ4v) is 3.17. The zero-order valence-corrected chi connectivity index (χ0v) is 14.7. The van der Waals surface area contributed by atoms with E-state index in [0.717, 1.165) is 22.4 Å². The quantitative estimate of drug-likeness (QED) is 0.562. The molecular weight excluding hydrogens is 383 g/mol. The molecule has 0 unspecified atom stereocenters. The summed E-state index contributed by atoms with van der Waals surface area (Å²) in [6.07, 6.45) is 4.45. The Balaban J connectivity index is 1.85. The van der Waals surface area contributed by atoms with E-state index >= 15 is 0 Å². The summed E-state index contributed by atoms with van der Waals surface area (Å²) in [6, 6.07) is 13.9. The molecular formula is C17H13BrCl2N2. The summed E-state index contributed by atoms with van der Waals surface area (Å²) in [6.45, 7) is 0.771. The molecule has 3 aromatic rings. The fraction of sp³-hybridized carbons (Fsp3) is 0.118. The molecule has 0 aliphatic heterocycles. The van der Waals surface area contributed by atoms with Crippen LogP contribution in [0.15, 0.2) is 59.3 Å². The van der Waals surface area contributed by atoms with Gasteiger partial charge in [-0.15, -0.1) is 0 Å². The highest BCUT2D eigenvalue weighted by Gasteiger charge is 2.09. The lowest BCUT2D eigenvalue weighted by Crippen LogP contribution is -2.05. The lowest BCUT2D eigenvalue weighted by atomic mass is 10.1. The van der Waals surface area contributed by atoms with Gasteiger partial charge >= 0.3 is 0 Å². The Hall–Kier alpha value is -1.29. The number of halogens is 3. The predicted molar refractivity (Wildman–Crippen MR) is 94.7 cm³/mol. The van der Waals surface area contributed by atoms with Gasteiger partial charge in [0.2, 0.25) is 0 Å². The predicted octanol–water partition coefficient (Wildman–Crippen LogP) is 5.59. The van der Waals surface area contributed by atoms with Crippen LogP contribution in [0, 0.1) is 0 Å². The molecule has 0 spiro atoms. The van der Waals surface area contributed by atoms with Gasteiger partial charge in [0, 0.05) is 29.8 Å². The molecule has 0 amide bonds. The second-order valence-corrected chi connectivity index (χ2v) is 6.69. The number of benzene rings is 2. The number of aromatic nitrogens is 2. The Morgan fingerprint density at radius 1 is 1.09 bits per heavy atom. The highest BCUT2D eigenvalue weighted by Crippen LogP contribution is 2.27. The minimum absolute atomic E-state index is 0.573. The lowest BCUT2D eigenvalue weighted by Gasteiger charge is -2.10. The molecule has 1 heterocycles. The summed E-state index contributed by atoms with van der Waals surface area (Å²) in [5.41, 5.74) is 2.20. The van der Waals surface area contributed by atoms with Gasteiger partial charge < -0.3 is 4.57 Å². The second kappa shape index (κ2) is 6.86. The van der Waals surface area contributed by atoms with Crippen LogP contribution in [0.2, 0.25) is 10.0 Å². The van der Waals surface area contributed by atoms with Crippen molar-refractivity contribution < 1.29 is 0 Å². The largest absolute Gasteiger partial charge is 0.330 e. The van der Waals surface area contributed by atoms with Crippen LogP contribution < -0.4 is 0 Å². The zero-order valence-electron chi connectivity index (χ0n) is 11.6. The molecule has 2 aromatic carbocycles. The van der Waals surface area contributed by atoms with Crippen LogP contribution in [0.1, 0.15) is 17.0 Å². The summed E-state index contributed by atoms with van der Waals surface area (Å²) in [4.78, 5) is 4.45. The standard InChI is InChI=1S/C17H13BrCl2N2/c18-14-5-1-3-12(9-14)11-22-8-7-21-16(22)10-13-4-2-6-15(19)17(13)20/h1-9H,10-11H2. The SMILES string of the molecule is Clc1cccc(Cc2nccn2Cc2cccc(Br)c2)c1Cl. The van der Waals surface area contributed by atoms with Crippen LogP contribution in [0.5, 0.6) is 0 Å². The van der Waals surface area contributed by atoms with Crippen molar-refractivity contribution in [3.8, 4) is 0 Å². The Labute approximate surface area is 147 Å². The number of rotatable bonds is 4. The second-order valence-electron chi connectivity index (χ2n) is 4.99. The van der Waals surface area contributed by atoms with Crippen molar-refractivity contribution in [1.29, 1.82) is 0 Å². The molecule has 1 aromatic heterocycles. The van der Waals surface area contributed by atoms with E-state index in [1.54, 1.807) is 6.07 Å². The molecule has 2 nitrogen and oxygen atoms in total. The van der Waals surface area contributed by atoms with Gasteiger partial charge in [-0.2, -0.15) is 0 Å². The van der Waals surface area contributed by atoms with Crippen molar-refractivity contribution in [3.05, 3.63) is 86.3 Å². The Morgan fingerprint density at radius 3 is 2.73 bits per heavy atom. The smallest absolute Gasteiger partial charge is 0.113 e. The molecule has 0 aliphatic carbocycles. The van der Waals surface area contributed by atoms with E-state index in [1.165, 1.54) is 5.56 Å². The van der Waals surface area contributed by atoms with Crippen molar-refractivity contribution in [3.63, 3.8) is 0 Å². The summed E-state index contributed by atoms with van der Waals surface area (Å²) >= 11 is 15.8. The molecule has 0 aliphatic rings. The van der Waals surface area contributed by atoms with Gasteiger partial charge in [0.05, 0.1) is 10.0 Å². The third-order valence-corrected chi connectivity index (χ3v) is 4.78. The highest BCUT2D eigenvalue weighted by atomic mass is 79.9. The maximum Gasteiger partial charge on any atom is 0.113 e. The molecule has 0 fully saturated rings. The van der Waals surface area contributed by atoms with E-state index in [4.69, 9.17) is 23.2 Å². The van der Waals surface area contributed by atoms with E-state index in [0.29, 0.717) is 16.5 Å². The van der Waals surface area contributed by atoms with Crippen molar-refractivity contribution in [2.24, 2.45) is 0 Å². The van der Waals surface area contributed by atoms with E-state index < -0.39 is 0 Å². The normalized spacial score (nSPS) is 10.9. The summed E-state index contributed by atoms with van der Waals surface area (Å²) in [5, 5.41) is 1.17. The average Bonchev–Trinajstić information content (AvgIpc) is 2.91. The lowest BCUT2D eigenvalue weighted by molar-refractivity contribution is 0.740. The molecule has 112 valence electrons. The molecule has 0 saturated heterocycles. The van der Waals surface area contributed by atoms with Gasteiger partial charge in [-0.25, -0.2) is 4.98 Å². The van der Waals surface area contributed by atoms with Crippen LogP contribution in [0.3, 0.4) is 0 Å². The monoisotopic (exact) mass is 394 g/mol. The van der Waals surface area contributed by atoms with Gasteiger partial charge in [0.1, 0.15) is 5.82 Å². The Morgan fingerprint density at radius 2 is 1.91 bits per heavy atom. The van der Waals surface area contributed by atoms with Crippen LogP contribution in [-0.2, 0) is 13.0 Å². The minimum Gasteiger partial charge on any atom is -0.330 e. The molecule has 0 atom stereocenters. The van der Waals surface area contributed by atoms with Gasteiger partial charge in [-0.1, -0.05) is 63.4 Å². The first-order chi connectivity index (χ1) is 10.6. The van der Waals surface area contributed by atoms with Crippen LogP contribution in [-0.4, -0.2) is 9.55 Å². The van der Waals surface area contributed by atoms with Crippen LogP contribution in [0.4, 0.5) is 0 Å². The summed E-state index contributed by atoms with van der Waals surface area (Å²) in [5.74, 6) is 0.962. The number of hydrogen-bond donors (Lipinski definition) is 0. The maximum absolute atomic E-state index is 6.27. The third kappa shape index (κ3) is 3.54. The van der Waals surface area contributed by atoms with E-state index in [9.17, 15) is 0 Å². The third-order valence-electron chi connectivity index (χ3n) is 3.42. The first-order valence-corrected chi connectivity index (χ1v) is 8.36. The Bertz CT molecular complexity index is 799. The topological polar surface area (TPSA) is 17.8 Å². The van der Waals surface area contributed by atoms with E-state index in [-0.39, 0.29) is 0 Å². The molecule has 3 rings (SSSR count). The average molecular weight is 396 g/mol. The molecule has 0 saturated carbocycles. The fourth-order valence-electron chi connectivity index (χ4n) is 2.34. The molecule has 22 heavy (non-hydrogen) atoms. The first kappa shape index (κ1) is 15.6. The van der Waals surface area contributed by atoms with E-state index in [2.05, 4.69) is 37.6 Å². The van der Waals surface area contributed by atoms with Crippen molar-refractivity contribution >= 4 is 39.1 Å². The molecule has 0 radical (unpaired) electrons. The van der Waals surface area contributed by atoms with Crippen molar-refractivity contribution in [1.82, 2.24) is 9.55 Å². The molecule has 0 bridgehead atoms. The molecule has 0 N–H and O–H groups in total. The van der Waals surface area contributed by atoms with Gasteiger partial charge in [0.25, 0.3) is 0 Å². The summed E-state index contributed by atoms with van der Waals surface area (Å²) in [7, 11) is 0. The van der Waals surface area contributed by atoms with Crippen LogP contribution in [0.25, 0.3) is 0 Å². The number of imidazole rings is 1. The number of nitrogens with zero attached hydrogens (tertiary/aromatic N) is 2. The zero-order chi connectivity index (χ0) is 15.5. The van der Waals surface area contributed by atoms with Crippen molar-refractivity contribution in [2.75, 3.05) is 0 Å². The Kier molecular flexibility index (Phi) is 4.87. The maximum atomic E-state index is 6.27. The highest BCUT2D eigenvalue weighted by molar-refractivity contribution is 9.10. The van der Waals surface area contributed by atoms with Gasteiger partial charge in [-0.3, -0.25) is 0 Å². The van der Waals surface area contributed by atoms with Crippen molar-refractivity contribution in [2.45, 2.75) is 13.0 Å².